The van der Waals surface area contributed by atoms with Crippen molar-refractivity contribution in [2.45, 2.75) is 6.42 Å². The highest BCUT2D eigenvalue weighted by Gasteiger charge is 2.26. The lowest BCUT2D eigenvalue weighted by Gasteiger charge is -2.35. The maximum absolute atomic E-state index is 16.5. The zero-order valence-electron chi connectivity index (χ0n) is 21.9. The van der Waals surface area contributed by atoms with Crippen LogP contribution in [0.25, 0.3) is 32.8 Å². The number of piperazine rings is 1. The SMILES string of the molecule is C=CC(=O)N1CCN(c2nc(NCCC(=O)NC)nc3c(F)c(-c4cc(O)cc5ccccc45)c(Cl)cc23)CC1. The van der Waals surface area contributed by atoms with Crippen LogP contribution in [0.4, 0.5) is 16.2 Å². The van der Waals surface area contributed by atoms with Gasteiger partial charge in [-0.1, -0.05) is 42.4 Å². The van der Waals surface area contributed by atoms with E-state index in [1.807, 2.05) is 29.2 Å². The summed E-state index contributed by atoms with van der Waals surface area (Å²) in [4.78, 5) is 36.6. The summed E-state index contributed by atoms with van der Waals surface area (Å²) in [6.45, 7) is 5.60. The first kappa shape index (κ1) is 27.1. The Morgan fingerprint density at radius 3 is 2.60 bits per heavy atom. The number of hydrogen-bond acceptors (Lipinski definition) is 7. The Hall–Kier alpha value is -4.44. The number of carbonyl (C=O) groups is 2. The molecule has 40 heavy (non-hydrogen) atoms. The number of nitrogens with zero attached hydrogens (tertiary/aromatic N) is 4. The Balaban J connectivity index is 1.64. The first-order valence-corrected chi connectivity index (χ1v) is 13.2. The number of aromatic hydroxyl groups is 1. The first-order valence-electron chi connectivity index (χ1n) is 12.8. The highest BCUT2D eigenvalue weighted by atomic mass is 35.5. The van der Waals surface area contributed by atoms with Gasteiger partial charge in [0.25, 0.3) is 0 Å². The fourth-order valence-electron chi connectivity index (χ4n) is 4.93. The van der Waals surface area contributed by atoms with E-state index in [0.717, 1.165) is 10.8 Å². The summed E-state index contributed by atoms with van der Waals surface area (Å²) in [5, 5.41) is 18.0. The zero-order valence-corrected chi connectivity index (χ0v) is 22.6. The molecule has 0 unspecified atom stereocenters. The van der Waals surface area contributed by atoms with E-state index < -0.39 is 5.82 Å². The molecule has 1 aromatic heterocycles. The van der Waals surface area contributed by atoms with Gasteiger partial charge in [-0.15, -0.1) is 0 Å². The molecule has 0 bridgehead atoms. The molecule has 5 rings (SSSR count). The number of phenolic OH excluding ortho intramolecular Hbond substituents is 1. The van der Waals surface area contributed by atoms with Gasteiger partial charge in [0, 0.05) is 57.1 Å². The van der Waals surface area contributed by atoms with E-state index >= 15 is 4.39 Å². The maximum atomic E-state index is 16.5. The molecule has 0 spiro atoms. The normalized spacial score (nSPS) is 13.5. The summed E-state index contributed by atoms with van der Waals surface area (Å²) in [7, 11) is 1.55. The third-order valence-corrected chi connectivity index (χ3v) is 7.26. The topological polar surface area (TPSA) is 111 Å². The van der Waals surface area contributed by atoms with Crippen LogP contribution in [0.5, 0.6) is 5.75 Å². The maximum Gasteiger partial charge on any atom is 0.246 e. The van der Waals surface area contributed by atoms with Gasteiger partial charge in [-0.25, -0.2) is 9.37 Å². The van der Waals surface area contributed by atoms with Crippen molar-refractivity contribution in [1.82, 2.24) is 20.2 Å². The first-order chi connectivity index (χ1) is 19.3. The lowest BCUT2D eigenvalue weighted by atomic mass is 9.96. The van der Waals surface area contributed by atoms with E-state index in [4.69, 9.17) is 11.6 Å². The number of phenols is 1. The number of benzene rings is 3. The van der Waals surface area contributed by atoms with E-state index in [-0.39, 0.29) is 52.6 Å². The Bertz CT molecular complexity index is 1640. The van der Waals surface area contributed by atoms with E-state index in [1.165, 1.54) is 12.1 Å². The van der Waals surface area contributed by atoms with Gasteiger partial charge in [-0.05, 0) is 40.6 Å². The average molecular weight is 563 g/mol. The van der Waals surface area contributed by atoms with E-state index in [2.05, 4.69) is 27.2 Å². The van der Waals surface area contributed by atoms with Gasteiger partial charge in [0.2, 0.25) is 17.8 Å². The van der Waals surface area contributed by atoms with Gasteiger partial charge in [-0.3, -0.25) is 9.59 Å². The molecule has 206 valence electrons. The fourth-order valence-corrected chi connectivity index (χ4v) is 5.22. The van der Waals surface area contributed by atoms with Gasteiger partial charge < -0.3 is 25.5 Å². The van der Waals surface area contributed by atoms with Gasteiger partial charge in [0.15, 0.2) is 5.82 Å². The van der Waals surface area contributed by atoms with Crippen molar-refractivity contribution in [3.8, 4) is 16.9 Å². The van der Waals surface area contributed by atoms with Crippen LogP contribution in [0.15, 0.2) is 55.1 Å². The van der Waals surface area contributed by atoms with Crippen molar-refractivity contribution in [2.75, 3.05) is 50.0 Å². The highest BCUT2D eigenvalue weighted by Crippen LogP contribution is 2.42. The lowest BCUT2D eigenvalue weighted by Crippen LogP contribution is -2.48. The fraction of sp³-hybridized carbons (Fsp3) is 0.241. The molecule has 4 aromatic rings. The average Bonchev–Trinajstić information content (AvgIpc) is 2.96. The molecule has 1 saturated heterocycles. The van der Waals surface area contributed by atoms with Gasteiger partial charge in [0.05, 0.1) is 5.02 Å². The number of fused-ring (bicyclic) bond motifs is 2. The van der Waals surface area contributed by atoms with Crippen molar-refractivity contribution in [3.05, 3.63) is 66.0 Å². The second-order valence-electron chi connectivity index (χ2n) is 9.40. The number of anilines is 2. The smallest absolute Gasteiger partial charge is 0.246 e. The standard InChI is InChI=1S/C29H28ClFN6O3/c1-3-24(40)36-10-12-37(13-11-36)28-21-16-22(30)25(20-15-18(38)14-17-6-4-5-7-19(17)20)26(31)27(21)34-29(35-28)33-9-8-23(39)32-2/h3-7,14-16,38H,1,8-13H2,2H3,(H,32,39)(H,33,34,35). The molecule has 1 fully saturated rings. The van der Waals surface area contributed by atoms with Crippen LogP contribution in [0.2, 0.25) is 5.02 Å². The number of amides is 2. The van der Waals surface area contributed by atoms with Gasteiger partial charge in [-0.2, -0.15) is 4.98 Å². The second-order valence-corrected chi connectivity index (χ2v) is 9.80. The quantitative estimate of drug-likeness (QED) is 0.288. The summed E-state index contributed by atoms with van der Waals surface area (Å²) in [5.74, 6) is -0.364. The van der Waals surface area contributed by atoms with Crippen LogP contribution in [-0.2, 0) is 9.59 Å². The molecule has 3 N–H and O–H groups in total. The molecule has 9 nitrogen and oxygen atoms in total. The van der Waals surface area contributed by atoms with Crippen molar-refractivity contribution < 1.29 is 19.1 Å². The third-order valence-electron chi connectivity index (χ3n) is 6.96. The van der Waals surface area contributed by atoms with E-state index in [1.54, 1.807) is 24.1 Å². The number of hydrogen-bond donors (Lipinski definition) is 3. The summed E-state index contributed by atoms with van der Waals surface area (Å²) in [6, 6.07) is 12.1. The van der Waals surface area contributed by atoms with Crippen molar-refractivity contribution in [2.24, 2.45) is 0 Å². The predicted molar refractivity (Wildman–Crippen MR) is 155 cm³/mol. The van der Waals surface area contributed by atoms with Crippen LogP contribution in [0.1, 0.15) is 6.42 Å². The van der Waals surface area contributed by atoms with E-state index in [0.29, 0.717) is 42.9 Å². The number of nitrogens with one attached hydrogen (secondary N) is 2. The van der Waals surface area contributed by atoms with Crippen LogP contribution in [-0.4, -0.2) is 71.6 Å². The zero-order chi connectivity index (χ0) is 28.4. The summed E-state index contributed by atoms with van der Waals surface area (Å²) in [6.07, 6.45) is 1.46. The molecule has 11 heteroatoms. The van der Waals surface area contributed by atoms with Crippen LogP contribution < -0.4 is 15.5 Å². The molecule has 0 saturated carbocycles. The Morgan fingerprint density at radius 1 is 1.12 bits per heavy atom. The number of halogens is 2. The number of aromatic nitrogens is 2. The molecule has 3 aromatic carbocycles. The minimum atomic E-state index is -0.656. The molecule has 1 aliphatic heterocycles. The third kappa shape index (κ3) is 5.22. The van der Waals surface area contributed by atoms with Crippen LogP contribution in [0, 0.1) is 5.82 Å². The van der Waals surface area contributed by atoms with Crippen molar-refractivity contribution in [1.29, 1.82) is 0 Å². The van der Waals surface area contributed by atoms with Gasteiger partial charge >= 0.3 is 0 Å². The second kappa shape index (κ2) is 11.4. The van der Waals surface area contributed by atoms with Crippen LogP contribution in [0.3, 0.4) is 0 Å². The minimum absolute atomic E-state index is 0.0175. The highest BCUT2D eigenvalue weighted by molar-refractivity contribution is 6.35. The molecule has 0 atom stereocenters. The number of rotatable bonds is 7. The Kier molecular flexibility index (Phi) is 7.70. The van der Waals surface area contributed by atoms with E-state index in [9.17, 15) is 14.7 Å². The molecule has 0 aliphatic carbocycles. The molecule has 2 amide bonds. The summed E-state index contributed by atoms with van der Waals surface area (Å²) < 4.78 is 16.5. The van der Waals surface area contributed by atoms with Crippen molar-refractivity contribution >= 4 is 56.9 Å². The largest absolute Gasteiger partial charge is 0.508 e. The summed E-state index contributed by atoms with van der Waals surface area (Å²) >= 11 is 6.74. The number of carbonyl (C=O) groups excluding carboxylic acids is 2. The summed E-state index contributed by atoms with van der Waals surface area (Å²) in [5.41, 5.74) is 0.596. The Morgan fingerprint density at radius 2 is 1.88 bits per heavy atom. The lowest BCUT2D eigenvalue weighted by molar-refractivity contribution is -0.126. The van der Waals surface area contributed by atoms with Crippen LogP contribution >= 0.6 is 11.6 Å². The predicted octanol–water partition coefficient (Wildman–Crippen LogP) is 4.33. The molecular weight excluding hydrogens is 535 g/mol. The molecule has 2 heterocycles. The molecule has 1 aliphatic rings. The molecular formula is C29H28ClFN6O3. The minimum Gasteiger partial charge on any atom is -0.508 e. The van der Waals surface area contributed by atoms with Gasteiger partial charge in [0.1, 0.15) is 17.1 Å². The Labute approximate surface area is 235 Å². The van der Waals surface area contributed by atoms with Crippen molar-refractivity contribution in [3.63, 3.8) is 0 Å². The molecule has 0 radical (unpaired) electrons. The monoisotopic (exact) mass is 562 g/mol.